The molecule has 0 saturated heterocycles. The van der Waals surface area contributed by atoms with Gasteiger partial charge in [0.25, 0.3) is 0 Å². The van der Waals surface area contributed by atoms with Gasteiger partial charge in [-0.1, -0.05) is 11.3 Å². The summed E-state index contributed by atoms with van der Waals surface area (Å²) in [5.41, 5.74) is 4.95. The Bertz CT molecular complexity index is 443. The number of rotatable bonds is 3. The summed E-state index contributed by atoms with van der Waals surface area (Å²) in [6.45, 7) is 1.88. The third-order valence-corrected chi connectivity index (χ3v) is 3.19. The Hall–Kier alpha value is -1.25. The summed E-state index contributed by atoms with van der Waals surface area (Å²) >= 11 is 2.90. The minimum Gasteiger partial charge on any atom is -0.292 e. The smallest absolute Gasteiger partial charge is 0.238 e. The lowest BCUT2D eigenvalue weighted by atomic mass is 10.5. The number of aryl methyl sites for hydroxylation is 1. The number of nitrogens with one attached hydrogen (secondary N) is 1. The minimum atomic E-state index is 0.405. The highest BCUT2D eigenvalue weighted by Gasteiger charge is 2.05. The van der Waals surface area contributed by atoms with Crippen molar-refractivity contribution in [2.45, 2.75) is 16.3 Å². The zero-order valence-corrected chi connectivity index (χ0v) is 9.47. The molecule has 15 heavy (non-hydrogen) atoms. The summed E-state index contributed by atoms with van der Waals surface area (Å²) in [5, 5.41) is 8.46. The highest BCUT2D eigenvalue weighted by Crippen LogP contribution is 2.27. The van der Waals surface area contributed by atoms with Crippen LogP contribution in [0.25, 0.3) is 0 Å². The molecule has 8 heteroatoms. The van der Waals surface area contributed by atoms with Crippen molar-refractivity contribution in [1.29, 1.82) is 0 Å². The molecule has 0 aliphatic carbocycles. The molecule has 0 radical (unpaired) electrons. The number of anilines is 1. The molecular formula is C7H8N6S2. The van der Waals surface area contributed by atoms with Crippen LogP contribution in [0.2, 0.25) is 0 Å². The molecule has 2 rings (SSSR count). The second-order valence-electron chi connectivity index (χ2n) is 2.62. The average molecular weight is 240 g/mol. The van der Waals surface area contributed by atoms with Crippen molar-refractivity contribution in [2.75, 3.05) is 5.43 Å². The third-order valence-electron chi connectivity index (χ3n) is 1.49. The van der Waals surface area contributed by atoms with E-state index < -0.39 is 0 Å². The van der Waals surface area contributed by atoms with Crippen LogP contribution in [-0.2, 0) is 0 Å². The molecule has 0 amide bonds. The maximum Gasteiger partial charge on any atom is 0.238 e. The molecule has 0 atom stereocenters. The molecule has 2 aromatic heterocycles. The van der Waals surface area contributed by atoms with Gasteiger partial charge in [0.15, 0.2) is 4.34 Å². The van der Waals surface area contributed by atoms with Gasteiger partial charge < -0.3 is 0 Å². The van der Waals surface area contributed by atoms with Gasteiger partial charge in [0.05, 0.1) is 0 Å². The van der Waals surface area contributed by atoms with Crippen LogP contribution in [0.15, 0.2) is 20.9 Å². The van der Waals surface area contributed by atoms with Crippen LogP contribution in [0.4, 0.5) is 5.95 Å². The number of aromatic nitrogens is 4. The number of nitrogen functional groups attached to an aromatic ring is 1. The van der Waals surface area contributed by atoms with Crippen molar-refractivity contribution >= 4 is 29.0 Å². The predicted octanol–water partition coefficient (Wildman–Crippen LogP) is 1.07. The lowest BCUT2D eigenvalue weighted by molar-refractivity contribution is 0.980. The molecular weight excluding hydrogens is 232 g/mol. The molecule has 0 unspecified atom stereocenters. The van der Waals surface area contributed by atoms with Crippen LogP contribution < -0.4 is 11.3 Å². The van der Waals surface area contributed by atoms with Crippen molar-refractivity contribution in [3.63, 3.8) is 0 Å². The van der Waals surface area contributed by atoms with Gasteiger partial charge in [-0.15, -0.1) is 10.2 Å². The van der Waals surface area contributed by atoms with Gasteiger partial charge in [-0.25, -0.2) is 15.8 Å². The number of hydrogen-bond acceptors (Lipinski definition) is 8. The molecule has 0 aliphatic rings. The van der Waals surface area contributed by atoms with Gasteiger partial charge >= 0.3 is 0 Å². The molecule has 0 aromatic carbocycles. The second kappa shape index (κ2) is 4.51. The van der Waals surface area contributed by atoms with E-state index in [4.69, 9.17) is 5.84 Å². The maximum atomic E-state index is 5.25. The van der Waals surface area contributed by atoms with Gasteiger partial charge in [0, 0.05) is 5.69 Å². The molecule has 2 aromatic rings. The average Bonchev–Trinajstić information content (AvgIpc) is 2.69. The van der Waals surface area contributed by atoms with Crippen molar-refractivity contribution in [3.8, 4) is 0 Å². The molecule has 2 heterocycles. The first-order valence-corrected chi connectivity index (χ1v) is 5.74. The fourth-order valence-electron chi connectivity index (χ4n) is 0.953. The highest BCUT2D eigenvalue weighted by molar-refractivity contribution is 8.00. The molecule has 3 N–H and O–H groups in total. The van der Waals surface area contributed by atoms with Crippen molar-refractivity contribution in [1.82, 2.24) is 20.2 Å². The Morgan fingerprint density at radius 3 is 3.00 bits per heavy atom. The van der Waals surface area contributed by atoms with Crippen molar-refractivity contribution < 1.29 is 0 Å². The van der Waals surface area contributed by atoms with E-state index in [0.717, 1.165) is 15.1 Å². The quantitative estimate of drug-likeness (QED) is 0.471. The van der Waals surface area contributed by atoms with Crippen LogP contribution in [0, 0.1) is 6.92 Å². The largest absolute Gasteiger partial charge is 0.292 e. The minimum absolute atomic E-state index is 0.405. The van der Waals surface area contributed by atoms with E-state index in [2.05, 4.69) is 25.6 Å². The Balaban J connectivity index is 2.24. The zero-order valence-electron chi connectivity index (χ0n) is 7.84. The summed E-state index contributed by atoms with van der Waals surface area (Å²) in [5.74, 6) is 5.66. The Morgan fingerprint density at radius 1 is 1.47 bits per heavy atom. The number of hydrazine groups is 1. The molecule has 0 spiro atoms. The lowest BCUT2D eigenvalue weighted by Crippen LogP contribution is -2.11. The van der Waals surface area contributed by atoms with Gasteiger partial charge in [-0.05, 0) is 24.8 Å². The van der Waals surface area contributed by atoms with E-state index >= 15 is 0 Å². The molecule has 0 aliphatic heterocycles. The first-order chi connectivity index (χ1) is 7.28. The summed E-state index contributed by atoms with van der Waals surface area (Å²) in [6.07, 6.45) is 0. The highest BCUT2D eigenvalue weighted by atomic mass is 32.2. The van der Waals surface area contributed by atoms with Crippen LogP contribution in [-0.4, -0.2) is 20.2 Å². The fraction of sp³-hybridized carbons (Fsp3) is 0.143. The third kappa shape index (κ3) is 2.61. The summed E-state index contributed by atoms with van der Waals surface area (Å²) in [7, 11) is 0. The number of nitrogens with zero attached hydrogens (tertiary/aromatic N) is 4. The summed E-state index contributed by atoms with van der Waals surface area (Å²) in [4.78, 5) is 8.27. The Kier molecular flexibility index (Phi) is 3.09. The molecule has 6 nitrogen and oxygen atoms in total. The van der Waals surface area contributed by atoms with E-state index in [0.29, 0.717) is 5.95 Å². The Labute approximate surface area is 94.3 Å². The summed E-state index contributed by atoms with van der Waals surface area (Å²) < 4.78 is 0.844. The summed E-state index contributed by atoms with van der Waals surface area (Å²) in [6, 6.07) is 1.87. The van der Waals surface area contributed by atoms with Crippen LogP contribution in [0.5, 0.6) is 0 Å². The second-order valence-corrected chi connectivity index (χ2v) is 4.72. The van der Waals surface area contributed by atoms with Crippen LogP contribution in [0.1, 0.15) is 5.69 Å². The first-order valence-electron chi connectivity index (χ1n) is 4.04. The number of nitrogens with two attached hydrogens (primary N) is 1. The monoisotopic (exact) mass is 240 g/mol. The SMILES string of the molecule is Cc1cc(Sc2nncs2)nc(NN)n1. The van der Waals surface area contributed by atoms with E-state index in [1.165, 1.54) is 23.1 Å². The van der Waals surface area contributed by atoms with Gasteiger partial charge in [0.2, 0.25) is 5.95 Å². The van der Waals surface area contributed by atoms with E-state index in [1.54, 1.807) is 5.51 Å². The van der Waals surface area contributed by atoms with E-state index in [1.807, 2.05) is 13.0 Å². The van der Waals surface area contributed by atoms with Crippen molar-refractivity contribution in [3.05, 3.63) is 17.3 Å². The molecule has 78 valence electrons. The molecule has 0 fully saturated rings. The first kappa shape index (κ1) is 10.3. The topological polar surface area (TPSA) is 89.6 Å². The molecule has 0 bridgehead atoms. The maximum absolute atomic E-state index is 5.25. The van der Waals surface area contributed by atoms with Gasteiger partial charge in [-0.2, -0.15) is 0 Å². The number of hydrogen-bond donors (Lipinski definition) is 2. The van der Waals surface area contributed by atoms with Crippen LogP contribution >= 0.6 is 23.1 Å². The Morgan fingerprint density at radius 2 is 2.33 bits per heavy atom. The van der Waals surface area contributed by atoms with Gasteiger partial charge in [-0.3, -0.25) is 5.43 Å². The fourth-order valence-corrected chi connectivity index (χ4v) is 2.44. The molecule has 0 saturated carbocycles. The van der Waals surface area contributed by atoms with Gasteiger partial charge in [0.1, 0.15) is 10.5 Å². The lowest BCUT2D eigenvalue weighted by Gasteiger charge is -2.02. The van der Waals surface area contributed by atoms with Crippen LogP contribution in [0.3, 0.4) is 0 Å². The zero-order chi connectivity index (χ0) is 10.7. The normalized spacial score (nSPS) is 10.3. The van der Waals surface area contributed by atoms with E-state index in [-0.39, 0.29) is 0 Å². The standard InChI is InChI=1S/C7H8N6S2/c1-4-2-5(11-6(10-4)12-8)15-7-13-9-3-14-7/h2-3H,8H2,1H3,(H,10,11,12). The van der Waals surface area contributed by atoms with Crippen molar-refractivity contribution in [2.24, 2.45) is 5.84 Å². The van der Waals surface area contributed by atoms with E-state index in [9.17, 15) is 0 Å². The predicted molar refractivity (Wildman–Crippen MR) is 58.6 cm³/mol.